The summed E-state index contributed by atoms with van der Waals surface area (Å²) in [7, 11) is 3.24. The lowest BCUT2D eigenvalue weighted by Crippen LogP contribution is -2.20. The Hall–Kier alpha value is -1.82. The van der Waals surface area contributed by atoms with Crippen LogP contribution in [0.25, 0.3) is 0 Å². The maximum Gasteiger partial charge on any atom is 0.333 e. The third-order valence-electron chi connectivity index (χ3n) is 2.94. The van der Waals surface area contributed by atoms with Gasteiger partial charge in [0.15, 0.2) is 5.75 Å². The second kappa shape index (κ2) is 7.58. The summed E-state index contributed by atoms with van der Waals surface area (Å²) in [6, 6.07) is 5.04. The lowest BCUT2D eigenvalue weighted by Gasteiger charge is -2.19. The van der Waals surface area contributed by atoms with Crippen LogP contribution in [-0.4, -0.2) is 37.3 Å². The second-order valence-corrected chi connectivity index (χ2v) is 4.29. The van der Waals surface area contributed by atoms with Crippen molar-refractivity contribution in [1.29, 1.82) is 0 Å². The topological polar surface area (TPSA) is 75.8 Å². The average Bonchev–Trinajstić information content (AvgIpc) is 2.42. The van der Waals surface area contributed by atoms with E-state index in [0.29, 0.717) is 12.2 Å². The number of nitro benzene ring substituents is 1. The van der Waals surface area contributed by atoms with Crippen molar-refractivity contribution in [3.8, 4) is 5.75 Å². The van der Waals surface area contributed by atoms with E-state index >= 15 is 0 Å². The number of aliphatic hydroxyl groups excluding tert-OH is 1. The van der Waals surface area contributed by atoms with Crippen LogP contribution in [0.1, 0.15) is 19.3 Å². The van der Waals surface area contributed by atoms with E-state index in [-0.39, 0.29) is 18.0 Å². The Balaban J connectivity index is 2.83. The van der Waals surface area contributed by atoms with Gasteiger partial charge in [0.05, 0.1) is 12.0 Å². The molecule has 0 heterocycles. The normalized spacial score (nSPS) is 10.3. The zero-order valence-electron chi connectivity index (χ0n) is 11.3. The molecule has 0 saturated carbocycles. The van der Waals surface area contributed by atoms with Gasteiger partial charge in [0, 0.05) is 20.2 Å². The van der Waals surface area contributed by atoms with Crippen LogP contribution in [-0.2, 0) is 0 Å². The molecule has 0 aromatic heterocycles. The van der Waals surface area contributed by atoms with Crippen molar-refractivity contribution in [3.05, 3.63) is 28.3 Å². The minimum Gasteiger partial charge on any atom is -0.490 e. The standard InChI is InChI=1S/C13H20N2O4/c1-14(9-4-3-5-10-16)11-7-6-8-12(19-2)13(11)15(17)18/h6-8,16H,3-5,9-10H2,1-2H3. The molecular weight excluding hydrogens is 248 g/mol. The van der Waals surface area contributed by atoms with Crippen molar-refractivity contribution >= 4 is 11.4 Å². The maximum atomic E-state index is 11.1. The first-order valence-electron chi connectivity index (χ1n) is 6.25. The minimum atomic E-state index is -0.418. The predicted octanol–water partition coefficient (Wildman–Crippen LogP) is 2.20. The molecule has 1 aromatic carbocycles. The molecule has 0 aliphatic heterocycles. The van der Waals surface area contributed by atoms with Crippen LogP contribution >= 0.6 is 0 Å². The Labute approximate surface area is 112 Å². The number of rotatable bonds is 8. The Morgan fingerprint density at radius 3 is 2.68 bits per heavy atom. The fourth-order valence-corrected chi connectivity index (χ4v) is 1.92. The number of aliphatic hydroxyl groups is 1. The summed E-state index contributed by atoms with van der Waals surface area (Å²) < 4.78 is 5.04. The van der Waals surface area contributed by atoms with Crippen molar-refractivity contribution in [1.82, 2.24) is 0 Å². The van der Waals surface area contributed by atoms with Crippen molar-refractivity contribution in [2.45, 2.75) is 19.3 Å². The van der Waals surface area contributed by atoms with Gasteiger partial charge in [-0.25, -0.2) is 0 Å². The quantitative estimate of drug-likeness (QED) is 0.444. The highest BCUT2D eigenvalue weighted by atomic mass is 16.6. The van der Waals surface area contributed by atoms with E-state index in [1.807, 2.05) is 11.9 Å². The zero-order chi connectivity index (χ0) is 14.3. The average molecular weight is 268 g/mol. The summed E-state index contributed by atoms with van der Waals surface area (Å²) in [5.74, 6) is 0.268. The molecule has 0 atom stereocenters. The maximum absolute atomic E-state index is 11.1. The van der Waals surface area contributed by atoms with Gasteiger partial charge in [-0.15, -0.1) is 0 Å². The van der Waals surface area contributed by atoms with Crippen molar-refractivity contribution in [3.63, 3.8) is 0 Å². The van der Waals surface area contributed by atoms with E-state index in [9.17, 15) is 10.1 Å². The summed E-state index contributed by atoms with van der Waals surface area (Å²) in [6.07, 6.45) is 2.54. The van der Waals surface area contributed by atoms with Gasteiger partial charge in [-0.1, -0.05) is 6.07 Å². The molecular formula is C13H20N2O4. The molecule has 1 rings (SSSR count). The summed E-state index contributed by atoms with van der Waals surface area (Å²) in [5.41, 5.74) is 0.544. The zero-order valence-corrected chi connectivity index (χ0v) is 11.3. The molecule has 19 heavy (non-hydrogen) atoms. The smallest absolute Gasteiger partial charge is 0.333 e. The van der Waals surface area contributed by atoms with Gasteiger partial charge in [-0.05, 0) is 31.4 Å². The number of ether oxygens (including phenoxy) is 1. The highest BCUT2D eigenvalue weighted by Crippen LogP contribution is 2.36. The van der Waals surface area contributed by atoms with Crippen LogP contribution < -0.4 is 9.64 Å². The number of para-hydroxylation sites is 1. The number of hydrogen-bond acceptors (Lipinski definition) is 5. The van der Waals surface area contributed by atoms with Crippen LogP contribution in [0, 0.1) is 10.1 Å². The minimum absolute atomic E-state index is 0.00495. The van der Waals surface area contributed by atoms with Gasteiger partial charge in [-0.3, -0.25) is 10.1 Å². The summed E-state index contributed by atoms with van der Waals surface area (Å²) in [4.78, 5) is 12.6. The molecule has 0 fully saturated rings. The molecule has 0 saturated heterocycles. The Bertz CT molecular complexity index is 423. The molecule has 0 aliphatic carbocycles. The fourth-order valence-electron chi connectivity index (χ4n) is 1.92. The lowest BCUT2D eigenvalue weighted by molar-refractivity contribution is -0.385. The molecule has 0 bridgehead atoms. The number of nitrogens with zero attached hydrogens (tertiary/aromatic N) is 2. The van der Waals surface area contributed by atoms with Crippen molar-refractivity contribution in [2.75, 3.05) is 32.2 Å². The molecule has 6 heteroatoms. The molecule has 0 spiro atoms. The van der Waals surface area contributed by atoms with E-state index in [4.69, 9.17) is 9.84 Å². The molecule has 0 unspecified atom stereocenters. The third kappa shape index (κ3) is 4.10. The summed E-state index contributed by atoms with van der Waals surface area (Å²) in [5, 5.41) is 19.9. The van der Waals surface area contributed by atoms with Crippen LogP contribution in [0.3, 0.4) is 0 Å². The number of hydrogen-bond donors (Lipinski definition) is 1. The van der Waals surface area contributed by atoms with Crippen LogP contribution in [0.5, 0.6) is 5.75 Å². The summed E-state index contributed by atoms with van der Waals surface area (Å²) >= 11 is 0. The van der Waals surface area contributed by atoms with Crippen molar-refractivity contribution in [2.24, 2.45) is 0 Å². The number of unbranched alkanes of at least 4 members (excludes halogenated alkanes) is 2. The van der Waals surface area contributed by atoms with Gasteiger partial charge in [-0.2, -0.15) is 0 Å². The SMILES string of the molecule is COc1cccc(N(C)CCCCCO)c1[N+](=O)[O-]. The monoisotopic (exact) mass is 268 g/mol. The Morgan fingerprint density at radius 1 is 1.37 bits per heavy atom. The predicted molar refractivity (Wildman–Crippen MR) is 73.9 cm³/mol. The molecule has 6 nitrogen and oxygen atoms in total. The molecule has 0 amide bonds. The van der Waals surface area contributed by atoms with E-state index in [2.05, 4.69) is 0 Å². The van der Waals surface area contributed by atoms with Crippen LogP contribution in [0.2, 0.25) is 0 Å². The van der Waals surface area contributed by atoms with Crippen LogP contribution in [0.4, 0.5) is 11.4 Å². The van der Waals surface area contributed by atoms with Gasteiger partial charge in [0.25, 0.3) is 0 Å². The Morgan fingerprint density at radius 2 is 2.11 bits per heavy atom. The highest BCUT2D eigenvalue weighted by molar-refractivity contribution is 5.69. The molecule has 1 N–H and O–H groups in total. The molecule has 0 aliphatic rings. The first-order chi connectivity index (χ1) is 9.11. The van der Waals surface area contributed by atoms with Gasteiger partial charge in [0.1, 0.15) is 5.69 Å². The van der Waals surface area contributed by atoms with Gasteiger partial charge < -0.3 is 14.7 Å². The number of benzene rings is 1. The Kier molecular flexibility index (Phi) is 6.08. The first kappa shape index (κ1) is 15.2. The molecule has 0 radical (unpaired) electrons. The fraction of sp³-hybridized carbons (Fsp3) is 0.538. The third-order valence-corrected chi connectivity index (χ3v) is 2.94. The lowest BCUT2D eigenvalue weighted by atomic mass is 10.2. The van der Waals surface area contributed by atoms with Crippen LogP contribution in [0.15, 0.2) is 18.2 Å². The number of nitro groups is 1. The summed E-state index contributed by atoms with van der Waals surface area (Å²) in [6.45, 7) is 0.886. The largest absolute Gasteiger partial charge is 0.490 e. The molecule has 1 aromatic rings. The van der Waals surface area contributed by atoms with E-state index < -0.39 is 4.92 Å². The number of methoxy groups -OCH3 is 1. The highest BCUT2D eigenvalue weighted by Gasteiger charge is 2.22. The van der Waals surface area contributed by atoms with E-state index in [1.165, 1.54) is 7.11 Å². The van der Waals surface area contributed by atoms with E-state index in [1.54, 1.807) is 18.2 Å². The number of anilines is 1. The van der Waals surface area contributed by atoms with Gasteiger partial charge >= 0.3 is 5.69 Å². The second-order valence-electron chi connectivity index (χ2n) is 4.29. The van der Waals surface area contributed by atoms with Crippen molar-refractivity contribution < 1.29 is 14.8 Å². The van der Waals surface area contributed by atoms with Gasteiger partial charge in [0.2, 0.25) is 0 Å². The van der Waals surface area contributed by atoms with E-state index in [0.717, 1.165) is 19.3 Å². The first-order valence-corrected chi connectivity index (χ1v) is 6.25. The molecule has 106 valence electrons.